The highest BCUT2D eigenvalue weighted by molar-refractivity contribution is 6.34. The summed E-state index contributed by atoms with van der Waals surface area (Å²) in [5.74, 6) is 3.13. The van der Waals surface area contributed by atoms with E-state index in [1.54, 1.807) is 0 Å². The Kier molecular flexibility index (Phi) is 7.77. The summed E-state index contributed by atoms with van der Waals surface area (Å²) in [5.41, 5.74) is 0. The molecule has 0 bridgehead atoms. The van der Waals surface area contributed by atoms with Gasteiger partial charge >= 0.3 is 0 Å². The molecule has 0 aromatic carbocycles. The minimum absolute atomic E-state index is 0.312. The molecule has 2 saturated carbocycles. The highest BCUT2D eigenvalue weighted by Gasteiger charge is 2.30. The van der Waals surface area contributed by atoms with Gasteiger partial charge in [0.25, 0.3) is 0 Å². The maximum atomic E-state index is 5.64. The Bertz CT molecular complexity index is 199. The second-order valence-electron chi connectivity index (χ2n) is 6.81. The van der Waals surface area contributed by atoms with E-state index in [4.69, 9.17) is 4.12 Å². The summed E-state index contributed by atoms with van der Waals surface area (Å²) in [5, 5.41) is 0. The van der Waals surface area contributed by atoms with Crippen molar-refractivity contribution in [2.24, 2.45) is 17.8 Å². The van der Waals surface area contributed by atoms with Gasteiger partial charge in [-0.2, -0.15) is 0 Å². The molecule has 2 aliphatic rings. The van der Waals surface area contributed by atoms with Crippen LogP contribution >= 0.6 is 0 Å². The molecule has 1 radical (unpaired) electrons. The Morgan fingerprint density at radius 2 is 1.21 bits per heavy atom. The third kappa shape index (κ3) is 5.35. The second-order valence-corrected chi connectivity index (χ2v) is 9.50. The van der Waals surface area contributed by atoms with Crippen LogP contribution in [0.3, 0.4) is 0 Å². The van der Waals surface area contributed by atoms with Crippen LogP contribution in [0.2, 0.25) is 6.04 Å². The number of hydrogen-bond acceptors (Lipinski definition) is 1. The molecule has 2 rings (SSSR count). The van der Waals surface area contributed by atoms with E-state index < -0.39 is 0 Å². The summed E-state index contributed by atoms with van der Waals surface area (Å²) in [6.45, 7) is 0. The fourth-order valence-corrected chi connectivity index (χ4v) is 6.22. The third-order valence-electron chi connectivity index (χ3n) is 5.55. The van der Waals surface area contributed by atoms with Crippen molar-refractivity contribution in [1.82, 2.24) is 0 Å². The van der Waals surface area contributed by atoms with Crippen LogP contribution in [0.1, 0.15) is 77.0 Å². The van der Waals surface area contributed by atoms with Crippen molar-refractivity contribution < 1.29 is 4.12 Å². The van der Waals surface area contributed by atoms with Crippen molar-refractivity contribution in [3.63, 3.8) is 0 Å². The molecule has 0 aliphatic heterocycles. The average molecular weight is 298 g/mol. The molecule has 111 valence electrons. The minimum Gasteiger partial charge on any atom is -0.466 e. The maximum absolute atomic E-state index is 5.64. The van der Waals surface area contributed by atoms with Crippen LogP contribution in [-0.4, -0.2) is 20.2 Å². The van der Waals surface area contributed by atoms with Gasteiger partial charge in [-0.15, -0.1) is 0 Å². The molecule has 0 spiro atoms. The molecule has 0 aromatic rings. The Morgan fingerprint density at radius 1 is 0.789 bits per heavy atom. The van der Waals surface area contributed by atoms with Gasteiger partial charge in [-0.3, -0.25) is 0 Å². The van der Waals surface area contributed by atoms with Crippen LogP contribution in [0.5, 0.6) is 0 Å². The van der Waals surface area contributed by atoms with Crippen LogP contribution in [0.15, 0.2) is 0 Å². The molecule has 2 aliphatic carbocycles. The van der Waals surface area contributed by atoms with E-state index in [2.05, 4.69) is 0 Å². The Hall–Kier alpha value is 0.394. The fourth-order valence-electron chi connectivity index (χ4n) is 4.46. The van der Waals surface area contributed by atoms with Gasteiger partial charge in [0.1, 0.15) is 10.5 Å². The van der Waals surface area contributed by atoms with E-state index in [0.29, 0.717) is 9.76 Å². The highest BCUT2D eigenvalue weighted by Crippen LogP contribution is 2.40. The summed E-state index contributed by atoms with van der Waals surface area (Å²) in [6.07, 6.45) is 18.1. The van der Waals surface area contributed by atoms with Crippen molar-refractivity contribution in [3.8, 4) is 0 Å². The maximum Gasteiger partial charge on any atom is 0.177 e. The van der Waals surface area contributed by atoms with Crippen molar-refractivity contribution in [2.45, 2.75) is 83.1 Å². The molecule has 0 amide bonds. The zero-order valence-electron chi connectivity index (χ0n) is 12.9. The lowest BCUT2D eigenvalue weighted by atomic mass is 9.76. The largest absolute Gasteiger partial charge is 0.466 e. The van der Waals surface area contributed by atoms with Crippen LogP contribution < -0.4 is 0 Å². The highest BCUT2D eigenvalue weighted by atomic mass is 28.3. The average Bonchev–Trinajstić information content (AvgIpc) is 2.84. The molecule has 0 heterocycles. The lowest BCUT2D eigenvalue weighted by Crippen LogP contribution is -2.25. The van der Waals surface area contributed by atoms with E-state index >= 15 is 0 Å². The molecule has 1 nitrogen and oxygen atoms in total. The molecule has 0 unspecified atom stereocenters. The molecule has 2 fully saturated rings. The van der Waals surface area contributed by atoms with Crippen LogP contribution in [0.25, 0.3) is 0 Å². The van der Waals surface area contributed by atoms with Gasteiger partial charge in [0.05, 0.1) is 0 Å². The second kappa shape index (κ2) is 9.35. The van der Waals surface area contributed by atoms with Crippen molar-refractivity contribution >= 4 is 20.2 Å². The molecular formula is C16H33OSi2. The fraction of sp³-hybridized carbons (Fsp3) is 1.00. The van der Waals surface area contributed by atoms with E-state index in [0.717, 1.165) is 28.2 Å². The summed E-state index contributed by atoms with van der Waals surface area (Å²) < 4.78 is 5.64. The minimum atomic E-state index is 0.312. The first-order chi connectivity index (χ1) is 9.42. The summed E-state index contributed by atoms with van der Waals surface area (Å²) >= 11 is 0. The molecule has 0 saturated heterocycles. The van der Waals surface area contributed by atoms with Gasteiger partial charge < -0.3 is 4.12 Å². The number of hydrogen-bond donors (Lipinski definition) is 0. The van der Waals surface area contributed by atoms with Crippen molar-refractivity contribution in [2.75, 3.05) is 0 Å². The summed E-state index contributed by atoms with van der Waals surface area (Å²) in [6, 6.07) is 1.44. The normalized spacial score (nSPS) is 24.5. The van der Waals surface area contributed by atoms with Gasteiger partial charge in [0.2, 0.25) is 0 Å². The van der Waals surface area contributed by atoms with Crippen molar-refractivity contribution in [1.29, 1.82) is 0 Å². The predicted octanol–water partition coefficient (Wildman–Crippen LogP) is 3.61. The monoisotopic (exact) mass is 297 g/mol. The van der Waals surface area contributed by atoms with Crippen LogP contribution in [0, 0.1) is 17.8 Å². The van der Waals surface area contributed by atoms with Crippen LogP contribution in [-0.2, 0) is 4.12 Å². The van der Waals surface area contributed by atoms with Gasteiger partial charge in [-0.05, 0) is 23.8 Å². The van der Waals surface area contributed by atoms with E-state index in [9.17, 15) is 0 Å². The van der Waals surface area contributed by atoms with Gasteiger partial charge in [0, 0.05) is 0 Å². The third-order valence-corrected chi connectivity index (χ3v) is 7.62. The van der Waals surface area contributed by atoms with Crippen molar-refractivity contribution in [3.05, 3.63) is 0 Å². The molecular weight excluding hydrogens is 264 g/mol. The van der Waals surface area contributed by atoms with Gasteiger partial charge in [-0.1, -0.05) is 77.0 Å². The molecule has 0 atom stereocenters. The Labute approximate surface area is 125 Å². The molecule has 3 heteroatoms. The Morgan fingerprint density at radius 3 is 1.58 bits per heavy atom. The summed E-state index contributed by atoms with van der Waals surface area (Å²) in [4.78, 5) is 0. The lowest BCUT2D eigenvalue weighted by molar-refractivity contribution is 0.203. The number of rotatable bonds is 5. The Balaban J connectivity index is 1.95. The van der Waals surface area contributed by atoms with E-state index in [1.807, 2.05) is 0 Å². The quantitative estimate of drug-likeness (QED) is 0.556. The zero-order chi connectivity index (χ0) is 13.3. The first-order valence-corrected chi connectivity index (χ1v) is 10.9. The van der Waals surface area contributed by atoms with E-state index in [1.165, 1.54) is 83.1 Å². The lowest BCUT2D eigenvalue weighted by Gasteiger charge is -2.33. The molecule has 0 aromatic heterocycles. The van der Waals surface area contributed by atoms with E-state index in [-0.39, 0.29) is 0 Å². The standard InChI is InChI=1S/C16H33OSi2/c18-17-19-13-16(14-9-5-1-2-6-10-14)15-11-7-3-4-8-12-15/h14-16,19H,1-13H2,18H3. The predicted molar refractivity (Wildman–Crippen MR) is 88.9 cm³/mol. The smallest absolute Gasteiger partial charge is 0.177 e. The topological polar surface area (TPSA) is 9.23 Å². The molecule has 0 N–H and O–H groups in total. The first kappa shape index (κ1) is 15.8. The van der Waals surface area contributed by atoms with Gasteiger partial charge in [0.15, 0.2) is 9.76 Å². The van der Waals surface area contributed by atoms with Crippen LogP contribution in [0.4, 0.5) is 0 Å². The van der Waals surface area contributed by atoms with Gasteiger partial charge in [-0.25, -0.2) is 0 Å². The summed E-state index contributed by atoms with van der Waals surface area (Å²) in [7, 11) is 1.27. The SMILES string of the molecule is [SiH3]O[SiH]CC(C1CCCCCC1)C1CCCCCC1. The first-order valence-electron chi connectivity index (χ1n) is 8.76. The zero-order valence-corrected chi connectivity index (χ0v) is 16.1. The molecule has 19 heavy (non-hydrogen) atoms.